The third-order valence-corrected chi connectivity index (χ3v) is 1.69. The number of anilines is 1. The predicted molar refractivity (Wildman–Crippen MR) is 46.8 cm³/mol. The third-order valence-electron chi connectivity index (χ3n) is 1.69. The van der Waals surface area contributed by atoms with Gasteiger partial charge in [0, 0.05) is 17.3 Å². The molecule has 0 bridgehead atoms. The molecule has 0 spiro atoms. The Balaban J connectivity index is 2.96. The van der Waals surface area contributed by atoms with Crippen LogP contribution in [0.25, 0.3) is 10.9 Å². The van der Waals surface area contributed by atoms with E-state index in [4.69, 9.17) is 5.73 Å². The van der Waals surface area contributed by atoms with Crippen molar-refractivity contribution in [3.63, 3.8) is 0 Å². The number of fused-ring (bicyclic) bond motifs is 1. The second kappa shape index (κ2) is 2.34. The number of aromatic amines is 1. The fourth-order valence-electron chi connectivity index (χ4n) is 1.11. The van der Waals surface area contributed by atoms with Crippen molar-refractivity contribution < 1.29 is 0 Å². The van der Waals surface area contributed by atoms with E-state index in [-0.39, 0.29) is 5.69 Å². The minimum Gasteiger partial charge on any atom is -0.398 e. The number of hydrogen-bond acceptors (Lipinski definition) is 3. The van der Waals surface area contributed by atoms with E-state index < -0.39 is 0 Å². The summed E-state index contributed by atoms with van der Waals surface area (Å²) in [6.45, 7) is 0. The summed E-state index contributed by atoms with van der Waals surface area (Å²) in [4.78, 5) is 16.9. The van der Waals surface area contributed by atoms with Gasteiger partial charge < -0.3 is 10.7 Å². The summed E-state index contributed by atoms with van der Waals surface area (Å²) >= 11 is 0. The Hall–Kier alpha value is -1.84. The van der Waals surface area contributed by atoms with Gasteiger partial charge in [-0.05, 0) is 12.1 Å². The minimum atomic E-state index is -0.354. The molecule has 1 heterocycles. The van der Waals surface area contributed by atoms with Gasteiger partial charge in [0.05, 0.1) is 5.52 Å². The standard InChI is InChI=1S/C8H7N3O/c9-6-2-1-3-7-5(6)4-10-8(12)11-7/h1-4H,9H2,(H,10,11,12). The molecule has 0 unspecified atom stereocenters. The number of benzene rings is 1. The van der Waals surface area contributed by atoms with Gasteiger partial charge in [0.25, 0.3) is 0 Å². The van der Waals surface area contributed by atoms with Crippen molar-refractivity contribution in [2.45, 2.75) is 0 Å². The molecule has 60 valence electrons. The number of nitrogens with one attached hydrogen (secondary N) is 1. The first-order valence-electron chi connectivity index (χ1n) is 3.51. The lowest BCUT2D eigenvalue weighted by Gasteiger charge is -1.98. The quantitative estimate of drug-likeness (QED) is 0.553. The van der Waals surface area contributed by atoms with Crippen molar-refractivity contribution in [3.05, 3.63) is 34.9 Å². The highest BCUT2D eigenvalue weighted by molar-refractivity contribution is 5.88. The largest absolute Gasteiger partial charge is 0.398 e. The molecule has 0 saturated heterocycles. The number of nitrogens with zero attached hydrogens (tertiary/aromatic N) is 1. The number of hydrogen-bond donors (Lipinski definition) is 2. The molecule has 1 aromatic carbocycles. The van der Waals surface area contributed by atoms with Crippen molar-refractivity contribution in [2.75, 3.05) is 5.73 Å². The molecule has 1 aromatic heterocycles. The second-order valence-corrected chi connectivity index (χ2v) is 2.50. The molecule has 4 heteroatoms. The zero-order valence-electron chi connectivity index (χ0n) is 6.24. The molecule has 0 aliphatic heterocycles. The van der Waals surface area contributed by atoms with Crippen molar-refractivity contribution in [1.29, 1.82) is 0 Å². The van der Waals surface area contributed by atoms with Gasteiger partial charge in [-0.3, -0.25) is 0 Å². The topological polar surface area (TPSA) is 71.8 Å². The van der Waals surface area contributed by atoms with Crippen LogP contribution >= 0.6 is 0 Å². The number of aromatic nitrogens is 2. The third kappa shape index (κ3) is 0.934. The summed E-state index contributed by atoms with van der Waals surface area (Å²) in [5, 5.41) is 0.775. The lowest BCUT2D eigenvalue weighted by atomic mass is 10.2. The van der Waals surface area contributed by atoms with E-state index in [9.17, 15) is 4.79 Å². The van der Waals surface area contributed by atoms with Crippen molar-refractivity contribution >= 4 is 16.6 Å². The predicted octanol–water partition coefficient (Wildman–Crippen LogP) is 0.505. The van der Waals surface area contributed by atoms with Crippen LogP contribution < -0.4 is 11.4 Å². The molecular formula is C8H7N3O. The van der Waals surface area contributed by atoms with Gasteiger partial charge in [0.2, 0.25) is 0 Å². The Kier molecular flexibility index (Phi) is 1.33. The number of nitrogens with two attached hydrogens (primary N) is 1. The molecule has 2 aromatic rings. The smallest absolute Gasteiger partial charge is 0.345 e. The van der Waals surface area contributed by atoms with Crippen molar-refractivity contribution in [3.8, 4) is 0 Å². The summed E-state index contributed by atoms with van der Waals surface area (Å²) in [7, 11) is 0. The fourth-order valence-corrected chi connectivity index (χ4v) is 1.11. The maximum absolute atomic E-state index is 10.8. The van der Waals surface area contributed by atoms with Gasteiger partial charge in [-0.15, -0.1) is 0 Å². The Morgan fingerprint density at radius 2 is 2.25 bits per heavy atom. The molecule has 0 atom stereocenters. The lowest BCUT2D eigenvalue weighted by molar-refractivity contribution is 1.12. The van der Waals surface area contributed by atoms with Gasteiger partial charge in [-0.1, -0.05) is 6.07 Å². The molecule has 0 saturated carbocycles. The van der Waals surface area contributed by atoms with Crippen LogP contribution in [0.4, 0.5) is 5.69 Å². The molecule has 0 fully saturated rings. The SMILES string of the molecule is Nc1cccc2[nH]c(=O)ncc12. The van der Waals surface area contributed by atoms with E-state index in [1.807, 2.05) is 0 Å². The van der Waals surface area contributed by atoms with Gasteiger partial charge in [-0.25, -0.2) is 9.78 Å². The Morgan fingerprint density at radius 1 is 1.42 bits per heavy atom. The van der Waals surface area contributed by atoms with E-state index in [0.717, 1.165) is 10.9 Å². The monoisotopic (exact) mass is 161 g/mol. The van der Waals surface area contributed by atoms with Crippen LogP contribution in [0.1, 0.15) is 0 Å². The highest BCUT2D eigenvalue weighted by Crippen LogP contribution is 2.15. The van der Waals surface area contributed by atoms with Crippen LogP contribution in [0.2, 0.25) is 0 Å². The highest BCUT2D eigenvalue weighted by Gasteiger charge is 1.96. The molecule has 12 heavy (non-hydrogen) atoms. The van der Waals surface area contributed by atoms with Crippen molar-refractivity contribution in [1.82, 2.24) is 9.97 Å². The molecular weight excluding hydrogens is 154 g/mol. The van der Waals surface area contributed by atoms with Crippen LogP contribution in [0.3, 0.4) is 0 Å². The summed E-state index contributed by atoms with van der Waals surface area (Å²) in [6.07, 6.45) is 1.48. The molecule has 0 aliphatic carbocycles. The first kappa shape index (κ1) is 6.84. The fraction of sp³-hybridized carbons (Fsp3) is 0. The average molecular weight is 161 g/mol. The van der Waals surface area contributed by atoms with Gasteiger partial charge in [-0.2, -0.15) is 0 Å². The maximum atomic E-state index is 10.8. The van der Waals surface area contributed by atoms with Crippen LogP contribution in [-0.2, 0) is 0 Å². The molecule has 3 N–H and O–H groups in total. The summed E-state index contributed by atoms with van der Waals surface area (Å²) in [6, 6.07) is 5.34. The number of nitrogen functional groups attached to an aromatic ring is 1. The zero-order valence-corrected chi connectivity index (χ0v) is 6.24. The summed E-state index contributed by atoms with van der Waals surface area (Å²) in [5.41, 5.74) is 6.63. The number of rotatable bonds is 0. The molecule has 2 rings (SSSR count). The Morgan fingerprint density at radius 3 is 3.08 bits per heavy atom. The zero-order chi connectivity index (χ0) is 8.55. The first-order valence-corrected chi connectivity index (χ1v) is 3.51. The average Bonchev–Trinajstić information content (AvgIpc) is 2.04. The van der Waals surface area contributed by atoms with Gasteiger partial charge >= 0.3 is 5.69 Å². The van der Waals surface area contributed by atoms with Crippen molar-refractivity contribution in [2.24, 2.45) is 0 Å². The van der Waals surface area contributed by atoms with E-state index in [0.29, 0.717) is 5.69 Å². The van der Waals surface area contributed by atoms with Crippen LogP contribution in [0, 0.1) is 0 Å². The van der Waals surface area contributed by atoms with Gasteiger partial charge in [0.1, 0.15) is 0 Å². The lowest BCUT2D eigenvalue weighted by Crippen LogP contribution is -2.08. The molecule has 0 aliphatic rings. The van der Waals surface area contributed by atoms with Crippen LogP contribution in [0.15, 0.2) is 29.2 Å². The molecule has 0 radical (unpaired) electrons. The molecule has 0 amide bonds. The van der Waals surface area contributed by atoms with Crippen LogP contribution in [-0.4, -0.2) is 9.97 Å². The molecule has 4 nitrogen and oxygen atoms in total. The number of H-pyrrole nitrogens is 1. The Bertz CT molecular complexity index is 475. The normalized spacial score (nSPS) is 10.3. The van der Waals surface area contributed by atoms with E-state index >= 15 is 0 Å². The van der Waals surface area contributed by atoms with E-state index in [1.54, 1.807) is 18.2 Å². The van der Waals surface area contributed by atoms with Crippen LogP contribution in [0.5, 0.6) is 0 Å². The van der Waals surface area contributed by atoms with E-state index in [2.05, 4.69) is 9.97 Å². The summed E-state index contributed by atoms with van der Waals surface area (Å²) in [5.74, 6) is 0. The second-order valence-electron chi connectivity index (χ2n) is 2.50. The maximum Gasteiger partial charge on any atom is 0.345 e. The highest BCUT2D eigenvalue weighted by atomic mass is 16.1. The summed E-state index contributed by atoms with van der Waals surface area (Å²) < 4.78 is 0. The van der Waals surface area contributed by atoms with Gasteiger partial charge in [0.15, 0.2) is 0 Å². The minimum absolute atomic E-state index is 0.354. The van der Waals surface area contributed by atoms with E-state index in [1.165, 1.54) is 6.20 Å². The first-order chi connectivity index (χ1) is 5.77. The Labute approximate surface area is 68.1 Å².